The molecule has 0 saturated heterocycles. The van der Waals surface area contributed by atoms with Gasteiger partial charge in [-0.05, 0) is 63.8 Å². The second-order valence-corrected chi connectivity index (χ2v) is 9.80. The lowest BCUT2D eigenvalue weighted by Crippen LogP contribution is -2.14. The maximum atomic E-state index is 13.5. The number of allylic oxidation sites excluding steroid dienone is 5. The van der Waals surface area contributed by atoms with Crippen molar-refractivity contribution in [3.05, 3.63) is 105 Å². The van der Waals surface area contributed by atoms with E-state index < -0.39 is 5.97 Å². The van der Waals surface area contributed by atoms with Gasteiger partial charge < -0.3 is 14.8 Å². The first kappa shape index (κ1) is 26.7. The van der Waals surface area contributed by atoms with Crippen molar-refractivity contribution >= 4 is 28.2 Å². The molecule has 1 aromatic heterocycles. The number of carbonyl (C=O) groups is 1. The van der Waals surface area contributed by atoms with Crippen LogP contribution in [0.5, 0.6) is 0 Å². The fraction of sp³-hybridized carbons (Fsp3) is 0.290. The molecule has 2 N–H and O–H groups in total. The number of aryl methyl sites for hydroxylation is 1. The summed E-state index contributed by atoms with van der Waals surface area (Å²) in [5, 5.41) is 13.4. The molecular weight excluding hydrogens is 450 g/mol. The van der Waals surface area contributed by atoms with E-state index in [2.05, 4.69) is 31.8 Å². The van der Waals surface area contributed by atoms with E-state index in [4.69, 9.17) is 4.42 Å². The second kappa shape index (κ2) is 11.3. The van der Waals surface area contributed by atoms with Crippen molar-refractivity contribution in [1.29, 1.82) is 0 Å². The molecule has 5 heteroatoms. The second-order valence-electron chi connectivity index (χ2n) is 9.80. The first-order valence-electron chi connectivity index (χ1n) is 12.2. The quantitative estimate of drug-likeness (QED) is 0.302. The van der Waals surface area contributed by atoms with Crippen LogP contribution in [0, 0.1) is 19.8 Å². The lowest BCUT2D eigenvalue weighted by atomic mass is 9.97. The Balaban J connectivity index is 2.22. The zero-order valence-corrected chi connectivity index (χ0v) is 21.9. The third-order valence-corrected chi connectivity index (χ3v) is 6.01. The highest BCUT2D eigenvalue weighted by molar-refractivity contribution is 5.94. The first-order chi connectivity index (χ1) is 17.0. The number of fused-ring (bicyclic) bond motifs is 1. The Kier molecular flexibility index (Phi) is 8.36. The Labute approximate surface area is 212 Å². The number of carboxylic acid groups (broad SMARTS) is 1. The van der Waals surface area contributed by atoms with Crippen LogP contribution in [0.1, 0.15) is 73.0 Å². The number of hydrogen-bond donors (Lipinski definition) is 2. The Bertz CT molecular complexity index is 1420. The van der Waals surface area contributed by atoms with E-state index in [-0.39, 0.29) is 17.0 Å². The molecule has 1 heterocycles. The topological polar surface area (TPSA) is 79.5 Å². The number of aromatic carboxylic acids is 1. The van der Waals surface area contributed by atoms with Gasteiger partial charge >= 0.3 is 5.97 Å². The number of benzene rings is 2. The predicted molar refractivity (Wildman–Crippen MR) is 149 cm³/mol. The Morgan fingerprint density at radius 3 is 2.47 bits per heavy atom. The molecule has 5 nitrogen and oxygen atoms in total. The van der Waals surface area contributed by atoms with Gasteiger partial charge in [-0.1, -0.05) is 62.4 Å². The lowest BCUT2D eigenvalue weighted by molar-refractivity contribution is 0.0698. The minimum Gasteiger partial charge on any atom is -0.478 e. The number of anilines is 1. The predicted octanol–water partition coefficient (Wildman–Crippen LogP) is 7.84. The van der Waals surface area contributed by atoms with Crippen LogP contribution in [0.15, 0.2) is 76.0 Å². The molecule has 1 atom stereocenters. The van der Waals surface area contributed by atoms with E-state index in [0.717, 1.165) is 28.7 Å². The molecule has 36 heavy (non-hydrogen) atoms. The van der Waals surface area contributed by atoms with Crippen molar-refractivity contribution < 1.29 is 14.3 Å². The molecule has 1 unspecified atom stereocenters. The Morgan fingerprint density at radius 2 is 1.83 bits per heavy atom. The van der Waals surface area contributed by atoms with E-state index in [1.165, 1.54) is 0 Å². The minimum atomic E-state index is -1.01. The van der Waals surface area contributed by atoms with Crippen molar-refractivity contribution in [1.82, 2.24) is 0 Å². The van der Waals surface area contributed by atoms with Crippen LogP contribution in [0.25, 0.3) is 16.5 Å². The van der Waals surface area contributed by atoms with Gasteiger partial charge in [0.05, 0.1) is 17.0 Å². The summed E-state index contributed by atoms with van der Waals surface area (Å²) in [5.41, 5.74) is 5.12. The molecule has 0 aliphatic heterocycles. The highest BCUT2D eigenvalue weighted by Crippen LogP contribution is 2.32. The zero-order chi connectivity index (χ0) is 26.6. The summed E-state index contributed by atoms with van der Waals surface area (Å²) < 4.78 is 6.52. The average Bonchev–Trinajstić information content (AvgIpc) is 2.81. The SMILES string of the molecule is C=C(C)/C=C\C(=C\CC(C)C)c1oc2c(C(C)Nc3ccccc3C(=O)O)cc(C)cc2c(=O)c1C. The molecule has 0 bridgehead atoms. The number of nitrogens with one attached hydrogen (secondary N) is 1. The molecule has 0 aliphatic carbocycles. The van der Waals surface area contributed by atoms with Crippen molar-refractivity contribution in [3.8, 4) is 0 Å². The van der Waals surface area contributed by atoms with Gasteiger partial charge in [-0.25, -0.2) is 4.79 Å². The molecule has 0 radical (unpaired) electrons. The van der Waals surface area contributed by atoms with E-state index >= 15 is 0 Å². The van der Waals surface area contributed by atoms with Crippen molar-refractivity contribution in [2.75, 3.05) is 5.32 Å². The monoisotopic (exact) mass is 485 g/mol. The fourth-order valence-electron chi connectivity index (χ4n) is 4.10. The molecule has 0 amide bonds. The van der Waals surface area contributed by atoms with Crippen LogP contribution in [0.4, 0.5) is 5.69 Å². The fourth-order valence-corrected chi connectivity index (χ4v) is 4.10. The summed E-state index contributed by atoms with van der Waals surface area (Å²) in [6.45, 7) is 15.8. The minimum absolute atomic E-state index is 0.0755. The summed E-state index contributed by atoms with van der Waals surface area (Å²) in [5.74, 6) is -0.0237. The van der Waals surface area contributed by atoms with Crippen LogP contribution in [0.3, 0.4) is 0 Å². The van der Waals surface area contributed by atoms with E-state index in [1.807, 2.05) is 45.1 Å². The number of rotatable bonds is 9. The molecule has 0 spiro atoms. The Hall–Kier alpha value is -3.86. The standard InChI is InChI=1S/C31H35NO4/c1-18(2)12-14-23(15-13-19(3)4)29-21(6)28(33)26-17-20(5)16-25(30(26)36-29)22(7)32-27-11-9-8-10-24(27)31(34)35/h8-12,14-17,19,22,32H,1,13H2,2-7H3,(H,34,35)/b14-12-,23-15-. The number of para-hydroxylation sites is 1. The summed E-state index contributed by atoms with van der Waals surface area (Å²) in [4.78, 5) is 25.2. The largest absolute Gasteiger partial charge is 0.478 e. The van der Waals surface area contributed by atoms with Crippen LogP contribution < -0.4 is 10.7 Å². The van der Waals surface area contributed by atoms with E-state index in [1.54, 1.807) is 31.2 Å². The van der Waals surface area contributed by atoms with E-state index in [9.17, 15) is 14.7 Å². The summed E-state index contributed by atoms with van der Waals surface area (Å²) in [7, 11) is 0. The highest BCUT2D eigenvalue weighted by atomic mass is 16.4. The van der Waals surface area contributed by atoms with Gasteiger partial charge in [0.1, 0.15) is 11.3 Å². The van der Waals surface area contributed by atoms with Crippen LogP contribution in [-0.4, -0.2) is 11.1 Å². The first-order valence-corrected chi connectivity index (χ1v) is 12.2. The molecule has 0 saturated carbocycles. The smallest absolute Gasteiger partial charge is 0.337 e. The molecule has 2 aromatic carbocycles. The van der Waals surface area contributed by atoms with Crippen LogP contribution in [-0.2, 0) is 0 Å². The highest BCUT2D eigenvalue weighted by Gasteiger charge is 2.20. The van der Waals surface area contributed by atoms with Crippen molar-refractivity contribution in [2.24, 2.45) is 5.92 Å². The van der Waals surface area contributed by atoms with E-state index in [0.29, 0.717) is 33.9 Å². The van der Waals surface area contributed by atoms with Crippen LogP contribution in [0.2, 0.25) is 0 Å². The molecule has 0 aliphatic rings. The van der Waals surface area contributed by atoms with Gasteiger partial charge in [0.25, 0.3) is 0 Å². The van der Waals surface area contributed by atoms with Gasteiger partial charge in [-0.3, -0.25) is 4.79 Å². The van der Waals surface area contributed by atoms with Gasteiger partial charge in [0.2, 0.25) is 0 Å². The molecule has 3 aromatic rings. The number of hydrogen-bond acceptors (Lipinski definition) is 4. The zero-order valence-electron chi connectivity index (χ0n) is 21.9. The van der Waals surface area contributed by atoms with Crippen molar-refractivity contribution in [3.63, 3.8) is 0 Å². The van der Waals surface area contributed by atoms with Crippen molar-refractivity contribution in [2.45, 2.75) is 54.0 Å². The van der Waals surface area contributed by atoms with Gasteiger partial charge in [-0.2, -0.15) is 0 Å². The molecule has 188 valence electrons. The molecular formula is C31H35NO4. The maximum Gasteiger partial charge on any atom is 0.337 e. The van der Waals surface area contributed by atoms with Crippen LogP contribution >= 0.6 is 0 Å². The number of carboxylic acids is 1. The Morgan fingerprint density at radius 1 is 1.14 bits per heavy atom. The third kappa shape index (κ3) is 6.03. The van der Waals surface area contributed by atoms with Gasteiger partial charge in [0.15, 0.2) is 5.43 Å². The normalized spacial score (nSPS) is 12.9. The average molecular weight is 486 g/mol. The molecule has 0 fully saturated rings. The third-order valence-electron chi connectivity index (χ3n) is 6.01. The lowest BCUT2D eigenvalue weighted by Gasteiger charge is -2.20. The summed E-state index contributed by atoms with van der Waals surface area (Å²) in [6, 6.07) is 10.3. The van der Waals surface area contributed by atoms with Gasteiger partial charge in [0, 0.05) is 22.4 Å². The van der Waals surface area contributed by atoms with Gasteiger partial charge in [-0.15, -0.1) is 0 Å². The molecule has 3 rings (SSSR count). The summed E-state index contributed by atoms with van der Waals surface area (Å²) in [6.07, 6.45) is 6.79. The maximum absolute atomic E-state index is 13.5. The summed E-state index contributed by atoms with van der Waals surface area (Å²) >= 11 is 0.